The van der Waals surface area contributed by atoms with Crippen LogP contribution in [0.25, 0.3) is 27.8 Å². The van der Waals surface area contributed by atoms with Crippen molar-refractivity contribution in [2.75, 3.05) is 20.8 Å². The van der Waals surface area contributed by atoms with Gasteiger partial charge in [-0.2, -0.15) is 23.4 Å². The zero-order valence-corrected chi connectivity index (χ0v) is 18.5. The van der Waals surface area contributed by atoms with E-state index in [9.17, 15) is 18.0 Å². The van der Waals surface area contributed by atoms with Crippen molar-refractivity contribution in [3.05, 3.63) is 60.2 Å². The Hall–Kier alpha value is -4.15. The van der Waals surface area contributed by atoms with E-state index in [4.69, 9.17) is 9.47 Å². The molecule has 0 bridgehead atoms. The predicted molar refractivity (Wildman–Crippen MR) is 118 cm³/mol. The molecule has 0 saturated heterocycles. The minimum absolute atomic E-state index is 0.0610. The van der Waals surface area contributed by atoms with Crippen LogP contribution in [-0.2, 0) is 0 Å². The monoisotopic (exact) mass is 471 g/mol. The molecule has 0 spiro atoms. The summed E-state index contributed by atoms with van der Waals surface area (Å²) >= 11 is 0. The number of nitrogens with one attached hydrogen (secondary N) is 1. The lowest BCUT2D eigenvalue weighted by atomic mass is 10.1. The number of ether oxygens (including phenoxy) is 2. The first kappa shape index (κ1) is 23.0. The van der Waals surface area contributed by atoms with Crippen LogP contribution in [0, 0.1) is 6.92 Å². The molecule has 1 amide bonds. The number of rotatable bonds is 6. The zero-order chi connectivity index (χ0) is 24.5. The Morgan fingerprint density at radius 2 is 1.76 bits per heavy atom. The molecule has 176 valence electrons. The molecule has 0 fully saturated rings. The highest BCUT2D eigenvalue weighted by molar-refractivity contribution is 6.00. The molecule has 0 aliphatic carbocycles. The average Bonchev–Trinajstić information content (AvgIpc) is 3.24. The molecule has 0 aliphatic heterocycles. The van der Waals surface area contributed by atoms with Gasteiger partial charge in [-0.3, -0.25) is 9.36 Å². The lowest BCUT2D eigenvalue weighted by Crippen LogP contribution is -2.34. The molecule has 2 aromatic carbocycles. The zero-order valence-electron chi connectivity index (χ0n) is 18.5. The standard InChI is InChI=1S/C23H20F3N5O3/c1-13-6-15(10-29-30-13)14-4-5-18-17(7-14)28-12-31(18)16-8-19(33-2)21(20(9-16)34-3)22(32)27-11-23(24,25)26/h4-10,12H,11H2,1-3H3,(H,27,32). The highest BCUT2D eigenvalue weighted by Crippen LogP contribution is 2.34. The Bertz CT molecular complexity index is 1340. The van der Waals surface area contributed by atoms with Gasteiger partial charge < -0.3 is 14.8 Å². The van der Waals surface area contributed by atoms with Gasteiger partial charge in [-0.05, 0) is 30.7 Å². The van der Waals surface area contributed by atoms with Crippen LogP contribution in [0.3, 0.4) is 0 Å². The molecule has 11 heteroatoms. The normalized spacial score (nSPS) is 11.5. The van der Waals surface area contributed by atoms with Crippen molar-refractivity contribution < 1.29 is 27.4 Å². The van der Waals surface area contributed by atoms with Crippen LogP contribution in [-0.4, -0.2) is 52.6 Å². The second-order valence-electron chi connectivity index (χ2n) is 7.43. The second kappa shape index (κ2) is 9.00. The van der Waals surface area contributed by atoms with E-state index < -0.39 is 18.6 Å². The largest absolute Gasteiger partial charge is 0.496 e. The molecule has 2 heterocycles. The lowest BCUT2D eigenvalue weighted by molar-refractivity contribution is -0.123. The van der Waals surface area contributed by atoms with Crippen LogP contribution in [0.1, 0.15) is 16.1 Å². The van der Waals surface area contributed by atoms with Gasteiger partial charge in [0.2, 0.25) is 0 Å². The van der Waals surface area contributed by atoms with E-state index in [1.807, 2.05) is 36.5 Å². The number of halogens is 3. The summed E-state index contributed by atoms with van der Waals surface area (Å²) in [7, 11) is 2.64. The summed E-state index contributed by atoms with van der Waals surface area (Å²) in [5.41, 5.74) is 4.51. The molecule has 4 aromatic rings. The van der Waals surface area contributed by atoms with Gasteiger partial charge in [0.15, 0.2) is 0 Å². The molecule has 0 saturated carbocycles. The number of aryl methyl sites for hydroxylation is 1. The Morgan fingerprint density at radius 1 is 1.06 bits per heavy atom. The van der Waals surface area contributed by atoms with Gasteiger partial charge in [-0.15, -0.1) is 0 Å². The van der Waals surface area contributed by atoms with Gasteiger partial charge in [0.05, 0.1) is 42.8 Å². The second-order valence-corrected chi connectivity index (χ2v) is 7.43. The fourth-order valence-electron chi connectivity index (χ4n) is 3.56. The lowest BCUT2D eigenvalue weighted by Gasteiger charge is -2.16. The molecular weight excluding hydrogens is 451 g/mol. The van der Waals surface area contributed by atoms with Crippen LogP contribution in [0.5, 0.6) is 11.5 Å². The third-order valence-corrected chi connectivity index (χ3v) is 5.10. The summed E-state index contributed by atoms with van der Waals surface area (Å²) in [5, 5.41) is 9.80. The third kappa shape index (κ3) is 4.63. The summed E-state index contributed by atoms with van der Waals surface area (Å²) in [5.74, 6) is -0.837. The van der Waals surface area contributed by atoms with E-state index in [-0.39, 0.29) is 17.1 Å². The average molecular weight is 471 g/mol. The van der Waals surface area contributed by atoms with Crippen molar-refractivity contribution in [3.63, 3.8) is 0 Å². The number of carbonyl (C=O) groups excluding carboxylic acids is 1. The van der Waals surface area contributed by atoms with Gasteiger partial charge in [0.1, 0.15) is 29.9 Å². The van der Waals surface area contributed by atoms with E-state index in [1.165, 1.54) is 26.4 Å². The Kier molecular flexibility index (Phi) is 6.10. The predicted octanol–water partition coefficient (Wildman–Crippen LogP) is 4.10. The van der Waals surface area contributed by atoms with Crippen LogP contribution in [0.4, 0.5) is 13.2 Å². The highest BCUT2D eigenvalue weighted by atomic mass is 19.4. The van der Waals surface area contributed by atoms with Gasteiger partial charge in [-0.1, -0.05) is 6.07 Å². The molecule has 2 aromatic heterocycles. The molecule has 0 unspecified atom stereocenters. The number of alkyl halides is 3. The van der Waals surface area contributed by atoms with E-state index in [1.54, 1.807) is 17.1 Å². The summed E-state index contributed by atoms with van der Waals surface area (Å²) in [4.78, 5) is 16.9. The van der Waals surface area contributed by atoms with Crippen LogP contribution < -0.4 is 14.8 Å². The maximum absolute atomic E-state index is 12.6. The fourth-order valence-corrected chi connectivity index (χ4v) is 3.56. The first-order valence-electron chi connectivity index (χ1n) is 10.1. The van der Waals surface area contributed by atoms with Crippen LogP contribution in [0.15, 0.2) is 48.9 Å². The van der Waals surface area contributed by atoms with Crippen molar-refractivity contribution in [2.24, 2.45) is 0 Å². The van der Waals surface area contributed by atoms with Gasteiger partial charge in [-0.25, -0.2) is 4.98 Å². The molecule has 0 aliphatic rings. The van der Waals surface area contributed by atoms with Crippen molar-refractivity contribution in [3.8, 4) is 28.3 Å². The summed E-state index contributed by atoms with van der Waals surface area (Å²) < 4.78 is 50.1. The first-order valence-corrected chi connectivity index (χ1v) is 10.1. The summed E-state index contributed by atoms with van der Waals surface area (Å²) in [6.45, 7) is 0.387. The number of hydrogen-bond donors (Lipinski definition) is 1. The van der Waals surface area contributed by atoms with Gasteiger partial charge >= 0.3 is 6.18 Å². The van der Waals surface area contributed by atoms with E-state index in [2.05, 4.69) is 15.2 Å². The van der Waals surface area contributed by atoms with Gasteiger partial charge in [0, 0.05) is 17.7 Å². The highest BCUT2D eigenvalue weighted by Gasteiger charge is 2.30. The molecule has 34 heavy (non-hydrogen) atoms. The van der Waals surface area contributed by atoms with E-state index >= 15 is 0 Å². The number of methoxy groups -OCH3 is 2. The number of benzene rings is 2. The molecule has 8 nitrogen and oxygen atoms in total. The Morgan fingerprint density at radius 3 is 2.38 bits per heavy atom. The Labute approximate surface area is 192 Å². The summed E-state index contributed by atoms with van der Waals surface area (Å²) in [6.07, 6.45) is -1.28. The maximum Gasteiger partial charge on any atom is 0.405 e. The van der Waals surface area contributed by atoms with Crippen molar-refractivity contribution in [1.82, 2.24) is 25.1 Å². The molecule has 0 atom stereocenters. The SMILES string of the molecule is COc1cc(-n2cnc3cc(-c4cnnc(C)c4)ccc32)cc(OC)c1C(=O)NCC(F)(F)F. The number of carbonyl (C=O) groups is 1. The van der Waals surface area contributed by atoms with Crippen LogP contribution >= 0.6 is 0 Å². The Balaban J connectivity index is 1.74. The quantitative estimate of drug-likeness (QED) is 0.455. The number of imidazole rings is 1. The molecule has 0 radical (unpaired) electrons. The van der Waals surface area contributed by atoms with E-state index in [0.717, 1.165) is 22.3 Å². The fraction of sp³-hybridized carbons (Fsp3) is 0.217. The van der Waals surface area contributed by atoms with Crippen molar-refractivity contribution in [2.45, 2.75) is 13.1 Å². The third-order valence-electron chi connectivity index (χ3n) is 5.10. The van der Waals surface area contributed by atoms with Gasteiger partial charge in [0.25, 0.3) is 5.91 Å². The topological polar surface area (TPSA) is 91.2 Å². The van der Waals surface area contributed by atoms with E-state index in [0.29, 0.717) is 11.2 Å². The minimum atomic E-state index is -4.55. The smallest absolute Gasteiger partial charge is 0.405 e. The molecular formula is C23H20F3N5O3. The number of aromatic nitrogens is 4. The number of fused-ring (bicyclic) bond motifs is 1. The van der Waals surface area contributed by atoms with Crippen molar-refractivity contribution in [1.29, 1.82) is 0 Å². The molecule has 1 N–H and O–H groups in total. The van der Waals surface area contributed by atoms with Crippen molar-refractivity contribution >= 4 is 16.9 Å². The maximum atomic E-state index is 12.6. The minimum Gasteiger partial charge on any atom is -0.496 e. The number of hydrogen-bond acceptors (Lipinski definition) is 6. The molecule has 4 rings (SSSR count). The first-order chi connectivity index (χ1) is 16.2. The number of nitrogens with zero attached hydrogens (tertiary/aromatic N) is 4. The van der Waals surface area contributed by atoms with Crippen LogP contribution in [0.2, 0.25) is 0 Å². The summed E-state index contributed by atoms with van der Waals surface area (Å²) in [6, 6.07) is 10.7. The number of amides is 1.